The summed E-state index contributed by atoms with van der Waals surface area (Å²) in [6.07, 6.45) is 0. The monoisotopic (exact) mass is 308 g/mol. The van der Waals surface area contributed by atoms with Crippen LogP contribution in [0.4, 0.5) is 0 Å². The van der Waals surface area contributed by atoms with Crippen molar-refractivity contribution in [2.75, 3.05) is 13.7 Å². The van der Waals surface area contributed by atoms with Gasteiger partial charge in [-0.15, -0.1) is 10.2 Å². The summed E-state index contributed by atoms with van der Waals surface area (Å²) < 4.78 is 8.41. The molecular formula is C12H13BrN4O. The van der Waals surface area contributed by atoms with Gasteiger partial charge in [-0.25, -0.2) is 0 Å². The number of rotatable bonds is 2. The topological polar surface area (TPSA) is 52.0 Å². The number of benzene rings is 1. The second-order valence-electron chi connectivity index (χ2n) is 4.11. The van der Waals surface area contributed by atoms with E-state index >= 15 is 0 Å². The number of aromatic nitrogens is 3. The molecule has 5 nitrogen and oxygen atoms in total. The highest BCUT2D eigenvalue weighted by Crippen LogP contribution is 2.31. The summed E-state index contributed by atoms with van der Waals surface area (Å²) in [4.78, 5) is 0. The number of ether oxygens (including phenoxy) is 1. The third-order valence-corrected chi connectivity index (χ3v) is 3.73. The van der Waals surface area contributed by atoms with Crippen molar-refractivity contribution in [1.29, 1.82) is 0 Å². The number of hydrogen-bond acceptors (Lipinski definition) is 4. The predicted molar refractivity (Wildman–Crippen MR) is 71.4 cm³/mol. The maximum absolute atomic E-state index is 5.26. The highest BCUT2D eigenvalue weighted by atomic mass is 79.9. The zero-order valence-corrected chi connectivity index (χ0v) is 11.6. The first-order valence-corrected chi connectivity index (χ1v) is 6.55. The second-order valence-corrected chi connectivity index (χ2v) is 4.97. The Hall–Kier alpha value is -1.40. The molecule has 0 spiro atoms. The third-order valence-electron chi connectivity index (χ3n) is 3.04. The van der Waals surface area contributed by atoms with Gasteiger partial charge in [0.25, 0.3) is 0 Å². The van der Waals surface area contributed by atoms with Crippen molar-refractivity contribution >= 4 is 15.9 Å². The summed E-state index contributed by atoms with van der Waals surface area (Å²) in [6, 6.07) is 5.86. The molecule has 94 valence electrons. The van der Waals surface area contributed by atoms with E-state index in [0.29, 0.717) is 0 Å². The lowest BCUT2D eigenvalue weighted by atomic mass is 10.2. The Morgan fingerprint density at radius 2 is 2.28 bits per heavy atom. The van der Waals surface area contributed by atoms with E-state index in [1.807, 2.05) is 18.2 Å². The van der Waals surface area contributed by atoms with Crippen LogP contribution in [0.3, 0.4) is 0 Å². The highest BCUT2D eigenvalue weighted by molar-refractivity contribution is 9.10. The minimum atomic E-state index is 0.772. The van der Waals surface area contributed by atoms with E-state index < -0.39 is 0 Å². The van der Waals surface area contributed by atoms with Crippen molar-refractivity contribution < 1.29 is 4.74 Å². The smallest absolute Gasteiger partial charge is 0.165 e. The SMILES string of the molecule is COc1ccc(Br)c(-c2nnc3n2CCNC3)c1. The molecule has 0 fully saturated rings. The Labute approximate surface area is 113 Å². The summed E-state index contributed by atoms with van der Waals surface area (Å²) in [5, 5.41) is 11.8. The molecule has 0 atom stereocenters. The number of nitrogens with zero attached hydrogens (tertiary/aromatic N) is 3. The van der Waals surface area contributed by atoms with Crippen molar-refractivity contribution in [3.8, 4) is 17.1 Å². The summed E-state index contributed by atoms with van der Waals surface area (Å²) in [5.74, 6) is 2.68. The fraction of sp³-hybridized carbons (Fsp3) is 0.333. The normalized spacial score (nSPS) is 14.3. The lowest BCUT2D eigenvalue weighted by molar-refractivity contribution is 0.415. The molecule has 3 rings (SSSR count). The summed E-state index contributed by atoms with van der Waals surface area (Å²) in [5.41, 5.74) is 1.01. The van der Waals surface area contributed by atoms with E-state index in [4.69, 9.17) is 4.74 Å². The molecule has 6 heteroatoms. The maximum Gasteiger partial charge on any atom is 0.165 e. The van der Waals surface area contributed by atoms with Crippen LogP contribution in [-0.2, 0) is 13.1 Å². The standard InChI is InChI=1S/C12H13BrN4O/c1-18-8-2-3-10(13)9(6-8)12-16-15-11-7-14-4-5-17(11)12/h2-3,6,14H,4-5,7H2,1H3. The van der Waals surface area contributed by atoms with Crippen molar-refractivity contribution in [3.63, 3.8) is 0 Å². The zero-order chi connectivity index (χ0) is 12.5. The Morgan fingerprint density at radius 3 is 3.11 bits per heavy atom. The van der Waals surface area contributed by atoms with Crippen LogP contribution in [0.1, 0.15) is 5.82 Å². The van der Waals surface area contributed by atoms with E-state index in [0.717, 1.165) is 47.1 Å². The van der Waals surface area contributed by atoms with Crippen molar-refractivity contribution in [2.24, 2.45) is 0 Å². The van der Waals surface area contributed by atoms with Gasteiger partial charge in [-0.3, -0.25) is 0 Å². The second kappa shape index (κ2) is 4.70. The van der Waals surface area contributed by atoms with Gasteiger partial charge in [-0.1, -0.05) is 15.9 Å². The van der Waals surface area contributed by atoms with Gasteiger partial charge in [0.2, 0.25) is 0 Å². The Balaban J connectivity index is 2.11. The largest absolute Gasteiger partial charge is 0.497 e. The maximum atomic E-state index is 5.26. The van der Waals surface area contributed by atoms with Gasteiger partial charge in [0.05, 0.1) is 13.7 Å². The Bertz CT molecular complexity index is 581. The summed E-state index contributed by atoms with van der Waals surface area (Å²) in [6.45, 7) is 2.61. The lowest BCUT2D eigenvalue weighted by Gasteiger charge is -2.16. The predicted octanol–water partition coefficient (Wildman–Crippen LogP) is 1.82. The molecule has 0 saturated carbocycles. The molecule has 1 aromatic carbocycles. The van der Waals surface area contributed by atoms with E-state index in [1.54, 1.807) is 7.11 Å². The van der Waals surface area contributed by atoms with Gasteiger partial charge >= 0.3 is 0 Å². The molecule has 1 aliphatic heterocycles. The van der Waals surface area contributed by atoms with E-state index in [1.165, 1.54) is 0 Å². The molecule has 1 aliphatic rings. The molecule has 0 radical (unpaired) electrons. The Morgan fingerprint density at radius 1 is 1.39 bits per heavy atom. The molecule has 1 aromatic heterocycles. The average molecular weight is 309 g/mol. The minimum absolute atomic E-state index is 0.772. The minimum Gasteiger partial charge on any atom is -0.497 e. The fourth-order valence-corrected chi connectivity index (χ4v) is 2.52. The van der Waals surface area contributed by atoms with Gasteiger partial charge in [-0.05, 0) is 18.2 Å². The van der Waals surface area contributed by atoms with E-state index in [-0.39, 0.29) is 0 Å². The van der Waals surface area contributed by atoms with Crippen LogP contribution in [-0.4, -0.2) is 28.4 Å². The average Bonchev–Trinajstić information content (AvgIpc) is 2.83. The van der Waals surface area contributed by atoms with Crippen LogP contribution in [0.25, 0.3) is 11.4 Å². The van der Waals surface area contributed by atoms with Gasteiger partial charge in [0.15, 0.2) is 5.82 Å². The molecule has 0 saturated heterocycles. The van der Waals surface area contributed by atoms with Crippen molar-refractivity contribution in [2.45, 2.75) is 13.1 Å². The summed E-state index contributed by atoms with van der Waals surface area (Å²) >= 11 is 3.56. The number of methoxy groups -OCH3 is 1. The molecule has 0 unspecified atom stereocenters. The van der Waals surface area contributed by atoms with E-state index in [2.05, 4.69) is 36.0 Å². The van der Waals surface area contributed by atoms with Gasteiger partial charge in [0, 0.05) is 23.1 Å². The van der Waals surface area contributed by atoms with E-state index in [9.17, 15) is 0 Å². The molecule has 2 heterocycles. The molecule has 0 amide bonds. The van der Waals surface area contributed by atoms with Crippen LogP contribution in [0.5, 0.6) is 5.75 Å². The van der Waals surface area contributed by atoms with Crippen LogP contribution < -0.4 is 10.1 Å². The van der Waals surface area contributed by atoms with Gasteiger partial charge in [0.1, 0.15) is 11.6 Å². The highest BCUT2D eigenvalue weighted by Gasteiger charge is 2.18. The third kappa shape index (κ3) is 1.91. The molecule has 2 aromatic rings. The summed E-state index contributed by atoms with van der Waals surface area (Å²) in [7, 11) is 1.66. The van der Waals surface area contributed by atoms with Gasteiger partial charge in [-0.2, -0.15) is 0 Å². The number of hydrogen-bond donors (Lipinski definition) is 1. The quantitative estimate of drug-likeness (QED) is 0.919. The van der Waals surface area contributed by atoms with Crippen molar-refractivity contribution in [3.05, 3.63) is 28.5 Å². The molecule has 0 bridgehead atoms. The zero-order valence-electron chi connectivity index (χ0n) is 9.98. The molecule has 18 heavy (non-hydrogen) atoms. The molecule has 0 aliphatic carbocycles. The fourth-order valence-electron chi connectivity index (χ4n) is 2.09. The van der Waals surface area contributed by atoms with Gasteiger partial charge < -0.3 is 14.6 Å². The van der Waals surface area contributed by atoms with Crippen LogP contribution in [0.15, 0.2) is 22.7 Å². The number of nitrogens with one attached hydrogen (secondary N) is 1. The first-order chi connectivity index (χ1) is 8.79. The molecular weight excluding hydrogens is 296 g/mol. The first-order valence-electron chi connectivity index (χ1n) is 5.76. The lowest BCUT2D eigenvalue weighted by Crippen LogP contribution is -2.28. The first kappa shape index (κ1) is 11.7. The number of fused-ring (bicyclic) bond motifs is 1. The molecule has 1 N–H and O–H groups in total. The number of halogens is 1. The van der Waals surface area contributed by atoms with Crippen LogP contribution in [0.2, 0.25) is 0 Å². The van der Waals surface area contributed by atoms with Crippen LogP contribution >= 0.6 is 15.9 Å². The van der Waals surface area contributed by atoms with Crippen LogP contribution in [0, 0.1) is 0 Å². The Kier molecular flexibility index (Phi) is 3.05. The van der Waals surface area contributed by atoms with Crippen molar-refractivity contribution in [1.82, 2.24) is 20.1 Å².